The van der Waals surface area contributed by atoms with Gasteiger partial charge in [-0.15, -0.1) is 0 Å². The number of likely N-dealkylation sites (tertiary alicyclic amines) is 1. The third-order valence-electron chi connectivity index (χ3n) is 6.69. The van der Waals surface area contributed by atoms with E-state index in [1.165, 1.54) is 25.9 Å². The number of allylic oxidation sites excluding steroid dienone is 3. The first kappa shape index (κ1) is 19.1. The van der Waals surface area contributed by atoms with Gasteiger partial charge in [-0.05, 0) is 43.5 Å². The summed E-state index contributed by atoms with van der Waals surface area (Å²) in [5, 5.41) is 4.78. The fourth-order valence-corrected chi connectivity index (χ4v) is 5.05. The molecular weight excluding hydrogens is 374 g/mol. The van der Waals surface area contributed by atoms with Crippen LogP contribution in [0.25, 0.3) is 11.3 Å². The highest BCUT2D eigenvalue weighted by Gasteiger charge is 2.38. The third kappa shape index (κ3) is 3.25. The Morgan fingerprint density at radius 1 is 1.27 bits per heavy atom. The molecule has 2 saturated heterocycles. The number of hydrogen-bond acceptors (Lipinski definition) is 5. The molecule has 5 rings (SSSR count). The first-order chi connectivity index (χ1) is 14.7. The van der Waals surface area contributed by atoms with E-state index in [0.717, 1.165) is 47.3 Å². The Kier molecular flexibility index (Phi) is 4.95. The van der Waals surface area contributed by atoms with Crippen molar-refractivity contribution in [2.24, 2.45) is 5.92 Å². The van der Waals surface area contributed by atoms with Crippen LogP contribution in [0.15, 0.2) is 55.6 Å². The molecule has 0 N–H and O–H groups in total. The van der Waals surface area contributed by atoms with Crippen molar-refractivity contribution in [3.63, 3.8) is 0 Å². The molecule has 0 amide bonds. The van der Waals surface area contributed by atoms with Gasteiger partial charge in [-0.2, -0.15) is 5.10 Å². The van der Waals surface area contributed by atoms with E-state index in [2.05, 4.69) is 42.0 Å². The minimum atomic E-state index is 0.486. The number of anilines is 1. The summed E-state index contributed by atoms with van der Waals surface area (Å²) in [6, 6.07) is 4.88. The van der Waals surface area contributed by atoms with E-state index in [4.69, 9.17) is 14.8 Å². The van der Waals surface area contributed by atoms with E-state index in [1.807, 2.05) is 23.2 Å². The molecule has 0 aromatic carbocycles. The average Bonchev–Trinajstić information content (AvgIpc) is 3.40. The van der Waals surface area contributed by atoms with Gasteiger partial charge in [-0.25, -0.2) is 9.67 Å². The molecule has 0 saturated carbocycles. The summed E-state index contributed by atoms with van der Waals surface area (Å²) in [6.07, 6.45) is 10.1. The smallest absolute Gasteiger partial charge is 0.128 e. The van der Waals surface area contributed by atoms with Gasteiger partial charge in [0.25, 0.3) is 0 Å². The van der Waals surface area contributed by atoms with Crippen molar-refractivity contribution in [2.45, 2.75) is 32.4 Å². The van der Waals surface area contributed by atoms with Gasteiger partial charge in [0.05, 0.1) is 11.9 Å². The van der Waals surface area contributed by atoms with Gasteiger partial charge in [0.1, 0.15) is 23.9 Å². The topological polar surface area (TPSA) is 46.4 Å². The number of ether oxygens (including phenoxy) is 1. The van der Waals surface area contributed by atoms with Crippen LogP contribution < -0.4 is 4.90 Å². The molecule has 3 aliphatic heterocycles. The van der Waals surface area contributed by atoms with Crippen LogP contribution in [0.5, 0.6) is 0 Å². The standard InChI is InChI=1S/C24H29N5O/c1-4-6-21-17(3)30-16-19-15-29(26-24(19)21)20-7-8-23(25-13-20)28-12-9-18-14-27(5-2)11-10-22(18)28/h4,6-8,13,15,18,22H,1,3,5,9-12,14,16H2,2H3/b21-6+. The molecule has 2 atom stereocenters. The third-order valence-corrected chi connectivity index (χ3v) is 6.69. The predicted molar refractivity (Wildman–Crippen MR) is 119 cm³/mol. The van der Waals surface area contributed by atoms with E-state index < -0.39 is 0 Å². The summed E-state index contributed by atoms with van der Waals surface area (Å²) >= 11 is 0. The lowest BCUT2D eigenvalue weighted by atomic mass is 9.93. The molecule has 2 fully saturated rings. The molecule has 3 aliphatic rings. The molecule has 0 bridgehead atoms. The van der Waals surface area contributed by atoms with E-state index in [9.17, 15) is 0 Å². The number of aromatic nitrogens is 3. The Morgan fingerprint density at radius 2 is 2.17 bits per heavy atom. The Morgan fingerprint density at radius 3 is 2.93 bits per heavy atom. The van der Waals surface area contributed by atoms with Crippen LogP contribution >= 0.6 is 0 Å². The Balaban J connectivity index is 1.37. The minimum absolute atomic E-state index is 0.486. The molecule has 2 aromatic heterocycles. The van der Waals surface area contributed by atoms with Crippen LogP contribution in [0.4, 0.5) is 5.82 Å². The number of pyridine rings is 1. The van der Waals surface area contributed by atoms with Crippen LogP contribution in [0, 0.1) is 5.92 Å². The molecule has 0 spiro atoms. The summed E-state index contributed by atoms with van der Waals surface area (Å²) in [5.41, 5.74) is 3.79. The Bertz CT molecular complexity index is 990. The summed E-state index contributed by atoms with van der Waals surface area (Å²) in [6.45, 7) is 15.2. The summed E-state index contributed by atoms with van der Waals surface area (Å²) < 4.78 is 7.56. The normalized spacial score (nSPS) is 25.2. The SMILES string of the molecule is C=C/C=C1\C(=C)OCc2cn(-c3ccc(N4CCC5CN(CC)CCC54)nc3)nc21. The predicted octanol–water partition coefficient (Wildman–Crippen LogP) is 3.80. The second-order valence-corrected chi connectivity index (χ2v) is 8.34. The summed E-state index contributed by atoms with van der Waals surface area (Å²) in [5.74, 6) is 2.48. The summed E-state index contributed by atoms with van der Waals surface area (Å²) in [7, 11) is 0. The maximum Gasteiger partial charge on any atom is 0.128 e. The summed E-state index contributed by atoms with van der Waals surface area (Å²) in [4.78, 5) is 9.91. The molecule has 156 valence electrons. The van der Waals surface area contributed by atoms with E-state index in [-0.39, 0.29) is 0 Å². The second-order valence-electron chi connectivity index (χ2n) is 8.34. The molecule has 6 nitrogen and oxygen atoms in total. The molecule has 0 radical (unpaired) electrons. The second kappa shape index (κ2) is 7.76. The van der Waals surface area contributed by atoms with Crippen LogP contribution in [0.1, 0.15) is 31.0 Å². The van der Waals surface area contributed by atoms with Crippen LogP contribution in [-0.4, -0.2) is 51.9 Å². The van der Waals surface area contributed by atoms with Crippen LogP contribution in [0.3, 0.4) is 0 Å². The van der Waals surface area contributed by atoms with Crippen molar-refractivity contribution in [3.05, 3.63) is 66.9 Å². The van der Waals surface area contributed by atoms with Gasteiger partial charge >= 0.3 is 0 Å². The maximum atomic E-state index is 5.68. The quantitative estimate of drug-likeness (QED) is 0.777. The molecule has 30 heavy (non-hydrogen) atoms. The first-order valence-corrected chi connectivity index (χ1v) is 10.9. The van der Waals surface area contributed by atoms with Crippen LogP contribution in [0.2, 0.25) is 0 Å². The minimum Gasteiger partial charge on any atom is -0.489 e. The van der Waals surface area contributed by atoms with Crippen molar-refractivity contribution in [1.29, 1.82) is 0 Å². The highest BCUT2D eigenvalue weighted by molar-refractivity contribution is 5.78. The number of fused-ring (bicyclic) bond motifs is 2. The average molecular weight is 404 g/mol. The zero-order chi connectivity index (χ0) is 20.7. The zero-order valence-corrected chi connectivity index (χ0v) is 17.6. The number of nitrogens with zero attached hydrogens (tertiary/aromatic N) is 5. The van der Waals surface area contributed by atoms with Crippen molar-refractivity contribution >= 4 is 11.4 Å². The number of hydrogen-bond donors (Lipinski definition) is 0. The number of rotatable bonds is 4. The van der Waals surface area contributed by atoms with Gasteiger partial charge in [0.2, 0.25) is 0 Å². The van der Waals surface area contributed by atoms with Gasteiger partial charge in [0.15, 0.2) is 0 Å². The molecule has 2 unspecified atom stereocenters. The zero-order valence-electron chi connectivity index (χ0n) is 17.6. The van der Waals surface area contributed by atoms with E-state index >= 15 is 0 Å². The maximum absolute atomic E-state index is 5.68. The van der Waals surface area contributed by atoms with Gasteiger partial charge in [0, 0.05) is 43.0 Å². The monoisotopic (exact) mass is 403 g/mol. The van der Waals surface area contributed by atoms with Crippen LogP contribution in [-0.2, 0) is 11.3 Å². The first-order valence-electron chi connectivity index (χ1n) is 10.9. The molecular formula is C24H29N5O. The lowest BCUT2D eigenvalue weighted by Gasteiger charge is -2.37. The van der Waals surface area contributed by atoms with E-state index in [1.54, 1.807) is 6.08 Å². The van der Waals surface area contributed by atoms with Gasteiger partial charge in [-0.3, -0.25) is 0 Å². The van der Waals surface area contributed by atoms with Crippen molar-refractivity contribution in [1.82, 2.24) is 19.7 Å². The largest absolute Gasteiger partial charge is 0.489 e. The highest BCUT2D eigenvalue weighted by atomic mass is 16.5. The van der Waals surface area contributed by atoms with Gasteiger partial charge < -0.3 is 14.5 Å². The van der Waals surface area contributed by atoms with Crippen molar-refractivity contribution in [3.8, 4) is 5.69 Å². The molecule has 5 heterocycles. The van der Waals surface area contributed by atoms with Crippen molar-refractivity contribution < 1.29 is 4.74 Å². The van der Waals surface area contributed by atoms with Gasteiger partial charge in [-0.1, -0.05) is 26.2 Å². The van der Waals surface area contributed by atoms with Crippen molar-refractivity contribution in [2.75, 3.05) is 31.1 Å². The lowest BCUT2D eigenvalue weighted by molar-refractivity contribution is 0.176. The molecule has 0 aliphatic carbocycles. The number of piperidine rings is 1. The fraction of sp³-hybridized carbons (Fsp3) is 0.417. The lowest BCUT2D eigenvalue weighted by Crippen LogP contribution is -2.46. The molecule has 2 aromatic rings. The molecule has 6 heteroatoms. The Hall–Kier alpha value is -2.86. The Labute approximate surface area is 178 Å². The van der Waals surface area contributed by atoms with E-state index in [0.29, 0.717) is 18.4 Å². The highest BCUT2D eigenvalue weighted by Crippen LogP contribution is 2.35. The fourth-order valence-electron chi connectivity index (χ4n) is 5.05.